The van der Waals surface area contributed by atoms with Gasteiger partial charge in [-0.2, -0.15) is 0 Å². The first-order valence-electron chi connectivity index (χ1n) is 6.72. The molecule has 1 aliphatic carbocycles. The molecule has 1 spiro atoms. The average molecular weight is 292 g/mol. The van der Waals surface area contributed by atoms with Crippen LogP contribution in [-0.4, -0.2) is 24.3 Å². The molecule has 5 heteroatoms. The summed E-state index contributed by atoms with van der Waals surface area (Å²) in [5.41, 5.74) is 0.609. The zero-order valence-electron chi connectivity index (χ0n) is 10.8. The second-order valence-corrected chi connectivity index (χ2v) is 6.39. The van der Waals surface area contributed by atoms with Crippen LogP contribution in [0, 0.1) is 5.41 Å². The molecule has 1 N–H and O–H groups in total. The summed E-state index contributed by atoms with van der Waals surface area (Å²) in [6.07, 6.45) is 1.54. The van der Waals surface area contributed by atoms with Crippen LogP contribution in [0.4, 0.5) is 5.88 Å². The second-order valence-electron chi connectivity index (χ2n) is 5.98. The lowest BCUT2D eigenvalue weighted by atomic mass is 9.62. The van der Waals surface area contributed by atoms with Gasteiger partial charge in [-0.05, 0) is 25.0 Å². The van der Waals surface area contributed by atoms with E-state index < -0.39 is 0 Å². The zero-order valence-corrected chi connectivity index (χ0v) is 11.6. The molecule has 1 saturated carbocycles. The van der Waals surface area contributed by atoms with Crippen molar-refractivity contribution in [1.29, 1.82) is 0 Å². The Kier molecular flexibility index (Phi) is 2.44. The monoisotopic (exact) mass is 291 g/mol. The summed E-state index contributed by atoms with van der Waals surface area (Å²) in [6.45, 7) is 1.67. The zero-order chi connectivity index (χ0) is 13.9. The number of anilines is 1. The Morgan fingerprint density at radius 3 is 2.80 bits per heavy atom. The maximum atomic E-state index is 12.1. The summed E-state index contributed by atoms with van der Waals surface area (Å²) in [4.78, 5) is 14.1. The fraction of sp³-hybridized carbons (Fsp3) is 0.400. The van der Waals surface area contributed by atoms with Gasteiger partial charge >= 0.3 is 0 Å². The lowest BCUT2D eigenvalue weighted by Crippen LogP contribution is -2.64. The Labute approximate surface area is 120 Å². The molecule has 0 unspecified atom stereocenters. The highest BCUT2D eigenvalue weighted by Crippen LogP contribution is 2.49. The topological polar surface area (TPSA) is 53.7 Å². The third-order valence-corrected chi connectivity index (χ3v) is 4.69. The number of para-hydroxylation sites is 1. The van der Waals surface area contributed by atoms with Crippen molar-refractivity contribution in [3.8, 4) is 0 Å². The van der Waals surface area contributed by atoms with Crippen LogP contribution in [0.1, 0.15) is 12.8 Å². The molecule has 4 nitrogen and oxygen atoms in total. The predicted octanol–water partition coefficient (Wildman–Crippen LogP) is 2.41. The van der Waals surface area contributed by atoms with Crippen molar-refractivity contribution >= 4 is 28.5 Å². The molecule has 1 aliphatic heterocycles. The van der Waals surface area contributed by atoms with Crippen LogP contribution in [0.15, 0.2) is 33.5 Å². The van der Waals surface area contributed by atoms with Crippen molar-refractivity contribution in [2.45, 2.75) is 18.9 Å². The number of rotatable bonds is 1. The van der Waals surface area contributed by atoms with Crippen molar-refractivity contribution in [2.24, 2.45) is 5.41 Å². The molecule has 1 aromatic heterocycles. The molecule has 1 aromatic carbocycles. The molecule has 1 saturated heterocycles. The number of nitrogens with zero attached hydrogens (tertiary/aromatic N) is 1. The van der Waals surface area contributed by atoms with Crippen LogP contribution < -0.4 is 10.3 Å². The van der Waals surface area contributed by atoms with Crippen molar-refractivity contribution in [3.05, 3.63) is 39.5 Å². The largest absolute Gasteiger partial charge is 0.439 e. The van der Waals surface area contributed by atoms with Crippen LogP contribution in [0.3, 0.4) is 0 Å². The van der Waals surface area contributed by atoms with E-state index in [1.165, 1.54) is 6.07 Å². The minimum atomic E-state index is -0.157. The first kappa shape index (κ1) is 12.2. The van der Waals surface area contributed by atoms with Crippen molar-refractivity contribution < 1.29 is 9.52 Å². The fourth-order valence-electron chi connectivity index (χ4n) is 3.40. The minimum absolute atomic E-state index is 0.0710. The molecule has 2 aromatic rings. The van der Waals surface area contributed by atoms with Gasteiger partial charge in [-0.3, -0.25) is 4.79 Å². The van der Waals surface area contributed by atoms with E-state index in [9.17, 15) is 9.90 Å². The standard InChI is InChI=1S/C15H14ClNO3/c16-11-3-1-2-10-12(19)4-13(20-14(10)11)17-7-15(8-17)5-9(18)6-15/h1-4,9,18H,5-8H2. The quantitative estimate of drug-likeness (QED) is 0.877. The molecule has 0 bridgehead atoms. The molecule has 2 aliphatic rings. The van der Waals surface area contributed by atoms with E-state index in [-0.39, 0.29) is 16.9 Å². The molecule has 0 amide bonds. The van der Waals surface area contributed by atoms with E-state index in [0.717, 1.165) is 25.9 Å². The molecular formula is C15H14ClNO3. The molecule has 2 heterocycles. The molecule has 4 rings (SSSR count). The van der Waals surface area contributed by atoms with Gasteiger partial charge in [-0.25, -0.2) is 0 Å². The third kappa shape index (κ3) is 1.68. The number of hydrogen-bond donors (Lipinski definition) is 1. The van der Waals surface area contributed by atoms with Crippen LogP contribution in [0.25, 0.3) is 11.0 Å². The van der Waals surface area contributed by atoms with Gasteiger partial charge in [0.15, 0.2) is 16.9 Å². The number of benzene rings is 1. The first-order valence-corrected chi connectivity index (χ1v) is 7.10. The summed E-state index contributed by atoms with van der Waals surface area (Å²) in [5, 5.41) is 10.4. The van der Waals surface area contributed by atoms with E-state index >= 15 is 0 Å². The summed E-state index contributed by atoms with van der Waals surface area (Å²) < 4.78 is 5.80. The summed E-state index contributed by atoms with van der Waals surface area (Å²) in [5.74, 6) is 0.572. The van der Waals surface area contributed by atoms with Crippen LogP contribution in [-0.2, 0) is 0 Å². The van der Waals surface area contributed by atoms with Crippen LogP contribution in [0.2, 0.25) is 5.02 Å². The molecular weight excluding hydrogens is 278 g/mol. The van der Waals surface area contributed by atoms with E-state index in [1.54, 1.807) is 18.2 Å². The Morgan fingerprint density at radius 1 is 1.35 bits per heavy atom. The molecule has 20 heavy (non-hydrogen) atoms. The molecule has 104 valence electrons. The lowest BCUT2D eigenvalue weighted by Gasteiger charge is -2.57. The Morgan fingerprint density at radius 2 is 2.10 bits per heavy atom. The van der Waals surface area contributed by atoms with Gasteiger partial charge in [-0.1, -0.05) is 17.7 Å². The van der Waals surface area contributed by atoms with Gasteiger partial charge < -0.3 is 14.4 Å². The molecule has 2 fully saturated rings. The highest BCUT2D eigenvalue weighted by molar-refractivity contribution is 6.34. The number of fused-ring (bicyclic) bond motifs is 1. The highest BCUT2D eigenvalue weighted by atomic mass is 35.5. The van der Waals surface area contributed by atoms with Gasteiger partial charge in [-0.15, -0.1) is 0 Å². The minimum Gasteiger partial charge on any atom is -0.439 e. The smallest absolute Gasteiger partial charge is 0.200 e. The van der Waals surface area contributed by atoms with Gasteiger partial charge in [0.25, 0.3) is 0 Å². The lowest BCUT2D eigenvalue weighted by molar-refractivity contribution is -0.0504. The summed E-state index contributed by atoms with van der Waals surface area (Å²) >= 11 is 6.10. The normalized spacial score (nSPS) is 21.0. The predicted molar refractivity (Wildman–Crippen MR) is 77.4 cm³/mol. The SMILES string of the molecule is O=c1cc(N2CC3(CC(O)C3)C2)oc2c(Cl)cccc12. The van der Waals surface area contributed by atoms with Crippen LogP contribution >= 0.6 is 11.6 Å². The number of hydrogen-bond acceptors (Lipinski definition) is 4. The van der Waals surface area contributed by atoms with Gasteiger partial charge in [0, 0.05) is 24.6 Å². The second kappa shape index (κ2) is 3.99. The van der Waals surface area contributed by atoms with Crippen molar-refractivity contribution in [1.82, 2.24) is 0 Å². The van der Waals surface area contributed by atoms with E-state index in [4.69, 9.17) is 16.0 Å². The number of aliphatic hydroxyl groups is 1. The summed E-state index contributed by atoms with van der Waals surface area (Å²) in [6, 6.07) is 6.71. The maximum Gasteiger partial charge on any atom is 0.200 e. The molecule has 0 atom stereocenters. The first-order chi connectivity index (χ1) is 9.56. The highest BCUT2D eigenvalue weighted by Gasteiger charge is 2.52. The van der Waals surface area contributed by atoms with E-state index in [0.29, 0.717) is 21.9 Å². The number of halogens is 1. The van der Waals surface area contributed by atoms with E-state index in [2.05, 4.69) is 0 Å². The third-order valence-electron chi connectivity index (χ3n) is 4.40. The molecule has 0 radical (unpaired) electrons. The Bertz CT molecular complexity index is 740. The van der Waals surface area contributed by atoms with E-state index in [1.807, 2.05) is 4.90 Å². The average Bonchev–Trinajstić information content (AvgIpc) is 2.33. The Balaban J connectivity index is 1.69. The van der Waals surface area contributed by atoms with Gasteiger partial charge in [0.2, 0.25) is 0 Å². The maximum absolute atomic E-state index is 12.1. The van der Waals surface area contributed by atoms with Crippen LogP contribution in [0.5, 0.6) is 0 Å². The van der Waals surface area contributed by atoms with Crippen molar-refractivity contribution in [3.63, 3.8) is 0 Å². The van der Waals surface area contributed by atoms with Gasteiger partial charge in [0.05, 0.1) is 16.5 Å². The van der Waals surface area contributed by atoms with Crippen molar-refractivity contribution in [2.75, 3.05) is 18.0 Å². The Hall–Kier alpha value is -1.52. The van der Waals surface area contributed by atoms with Gasteiger partial charge in [0.1, 0.15) is 0 Å². The fourth-order valence-corrected chi connectivity index (χ4v) is 3.62. The summed E-state index contributed by atoms with van der Waals surface area (Å²) in [7, 11) is 0. The number of aliphatic hydroxyl groups excluding tert-OH is 1.